The third kappa shape index (κ3) is 2.72. The molecule has 4 nitrogen and oxygen atoms in total. The molecule has 0 saturated carbocycles. The van der Waals surface area contributed by atoms with Gasteiger partial charge in [0.15, 0.2) is 0 Å². The lowest BCUT2D eigenvalue weighted by atomic mass is 9.95. The smallest absolute Gasteiger partial charge is 0.228 e. The lowest BCUT2D eigenvalue weighted by Gasteiger charge is -2.33. The van der Waals surface area contributed by atoms with Gasteiger partial charge in [0.05, 0.1) is 6.61 Å². The van der Waals surface area contributed by atoms with Crippen LogP contribution in [-0.4, -0.2) is 32.7 Å². The molecule has 2 unspecified atom stereocenters. The highest BCUT2D eigenvalue weighted by Gasteiger charge is 2.29. The fourth-order valence-corrected chi connectivity index (χ4v) is 3.10. The van der Waals surface area contributed by atoms with Crippen molar-refractivity contribution in [2.75, 3.05) is 31.7 Å². The Labute approximate surface area is 120 Å². The fourth-order valence-electron chi connectivity index (χ4n) is 3.10. The normalized spacial score (nSPS) is 26.4. The van der Waals surface area contributed by atoms with Gasteiger partial charge in [-0.15, -0.1) is 0 Å². The second kappa shape index (κ2) is 5.94. The van der Waals surface area contributed by atoms with Crippen LogP contribution in [0.2, 0.25) is 0 Å². The standard InChI is InChI=1S/C16H22N2O2/c1-18-15-7-3-2-6-13(15)14(9-16(18)19)17-10-12-5-4-8-20-11-12/h2-3,6-7,12,14,17H,4-5,8-11H2,1H3. The average Bonchev–Trinajstić information content (AvgIpc) is 2.50. The molecule has 1 saturated heterocycles. The molecule has 0 aliphatic carbocycles. The average molecular weight is 274 g/mol. The first-order chi connectivity index (χ1) is 9.75. The summed E-state index contributed by atoms with van der Waals surface area (Å²) in [6, 6.07) is 8.30. The summed E-state index contributed by atoms with van der Waals surface area (Å²) in [5, 5.41) is 3.57. The molecule has 2 atom stereocenters. The number of hydrogen-bond acceptors (Lipinski definition) is 3. The van der Waals surface area contributed by atoms with Gasteiger partial charge < -0.3 is 15.0 Å². The van der Waals surface area contributed by atoms with Gasteiger partial charge in [-0.2, -0.15) is 0 Å². The van der Waals surface area contributed by atoms with Crippen molar-refractivity contribution in [1.82, 2.24) is 5.32 Å². The van der Waals surface area contributed by atoms with E-state index in [-0.39, 0.29) is 11.9 Å². The maximum Gasteiger partial charge on any atom is 0.228 e. The number of rotatable bonds is 3. The summed E-state index contributed by atoms with van der Waals surface area (Å²) in [6.45, 7) is 2.66. The van der Waals surface area contributed by atoms with Crippen LogP contribution < -0.4 is 10.2 Å². The van der Waals surface area contributed by atoms with E-state index < -0.39 is 0 Å². The Balaban J connectivity index is 1.70. The van der Waals surface area contributed by atoms with Gasteiger partial charge in [-0.3, -0.25) is 4.79 Å². The van der Waals surface area contributed by atoms with Crippen molar-refractivity contribution < 1.29 is 9.53 Å². The van der Waals surface area contributed by atoms with E-state index in [0.717, 1.165) is 31.9 Å². The molecular weight excluding hydrogens is 252 g/mol. The molecule has 2 aliphatic rings. The zero-order valence-electron chi connectivity index (χ0n) is 12.0. The van der Waals surface area contributed by atoms with Crippen LogP contribution >= 0.6 is 0 Å². The molecule has 2 aliphatic heterocycles. The second-order valence-electron chi connectivity index (χ2n) is 5.76. The molecular formula is C16H22N2O2. The topological polar surface area (TPSA) is 41.6 Å². The van der Waals surface area contributed by atoms with Gasteiger partial charge in [0.2, 0.25) is 5.91 Å². The fraction of sp³-hybridized carbons (Fsp3) is 0.562. The van der Waals surface area contributed by atoms with E-state index in [9.17, 15) is 4.79 Å². The number of anilines is 1. The molecule has 20 heavy (non-hydrogen) atoms. The molecule has 4 heteroatoms. The number of nitrogens with one attached hydrogen (secondary N) is 1. The van der Waals surface area contributed by atoms with E-state index in [1.54, 1.807) is 4.90 Å². The van der Waals surface area contributed by atoms with E-state index in [1.165, 1.54) is 12.0 Å². The lowest BCUT2D eigenvalue weighted by Crippen LogP contribution is -2.40. The van der Waals surface area contributed by atoms with Gasteiger partial charge in [-0.1, -0.05) is 18.2 Å². The molecule has 0 aromatic heterocycles. The Hall–Kier alpha value is -1.39. The molecule has 0 spiro atoms. The van der Waals surface area contributed by atoms with Crippen molar-refractivity contribution in [3.63, 3.8) is 0 Å². The number of benzene rings is 1. The highest BCUT2D eigenvalue weighted by Crippen LogP contribution is 2.33. The number of hydrogen-bond donors (Lipinski definition) is 1. The highest BCUT2D eigenvalue weighted by molar-refractivity contribution is 5.96. The summed E-state index contributed by atoms with van der Waals surface area (Å²) in [5.74, 6) is 0.756. The van der Waals surface area contributed by atoms with Crippen molar-refractivity contribution in [3.8, 4) is 0 Å². The van der Waals surface area contributed by atoms with Crippen molar-refractivity contribution in [2.24, 2.45) is 5.92 Å². The van der Waals surface area contributed by atoms with Gasteiger partial charge in [0, 0.05) is 38.3 Å². The van der Waals surface area contributed by atoms with Crippen LogP contribution in [0, 0.1) is 5.92 Å². The minimum absolute atomic E-state index is 0.136. The largest absolute Gasteiger partial charge is 0.381 e. The van der Waals surface area contributed by atoms with E-state index in [2.05, 4.69) is 11.4 Å². The number of nitrogens with zero attached hydrogens (tertiary/aromatic N) is 1. The summed E-state index contributed by atoms with van der Waals surface area (Å²) in [5.41, 5.74) is 2.26. The lowest BCUT2D eigenvalue weighted by molar-refractivity contribution is -0.119. The van der Waals surface area contributed by atoms with E-state index in [0.29, 0.717) is 12.3 Å². The molecule has 1 aromatic rings. The molecule has 1 fully saturated rings. The zero-order valence-corrected chi connectivity index (χ0v) is 12.0. The van der Waals surface area contributed by atoms with Crippen molar-refractivity contribution in [3.05, 3.63) is 29.8 Å². The number of carbonyl (C=O) groups excluding carboxylic acids is 1. The Morgan fingerprint density at radius 2 is 2.25 bits per heavy atom. The first kappa shape index (κ1) is 13.6. The van der Waals surface area contributed by atoms with E-state index in [1.807, 2.05) is 25.2 Å². The Morgan fingerprint density at radius 1 is 1.40 bits per heavy atom. The zero-order chi connectivity index (χ0) is 13.9. The van der Waals surface area contributed by atoms with Crippen LogP contribution in [0.4, 0.5) is 5.69 Å². The van der Waals surface area contributed by atoms with Crippen molar-refractivity contribution in [1.29, 1.82) is 0 Å². The monoisotopic (exact) mass is 274 g/mol. The second-order valence-corrected chi connectivity index (χ2v) is 5.76. The van der Waals surface area contributed by atoms with E-state index >= 15 is 0 Å². The van der Waals surface area contributed by atoms with Crippen LogP contribution in [0.15, 0.2) is 24.3 Å². The third-order valence-corrected chi connectivity index (χ3v) is 4.33. The molecule has 0 radical (unpaired) electrons. The van der Waals surface area contributed by atoms with Crippen LogP contribution in [0.25, 0.3) is 0 Å². The van der Waals surface area contributed by atoms with E-state index in [4.69, 9.17) is 4.74 Å². The summed E-state index contributed by atoms with van der Waals surface area (Å²) in [4.78, 5) is 13.8. The molecule has 1 amide bonds. The van der Waals surface area contributed by atoms with Crippen LogP contribution in [-0.2, 0) is 9.53 Å². The van der Waals surface area contributed by atoms with Gasteiger partial charge >= 0.3 is 0 Å². The summed E-state index contributed by atoms with van der Waals surface area (Å²) in [7, 11) is 1.85. The summed E-state index contributed by atoms with van der Waals surface area (Å²) in [6.07, 6.45) is 2.91. The SMILES string of the molecule is CN1C(=O)CC(NCC2CCCOC2)c2ccccc21. The van der Waals surface area contributed by atoms with Crippen LogP contribution in [0.5, 0.6) is 0 Å². The predicted octanol–water partition coefficient (Wildman–Crippen LogP) is 2.11. The number of ether oxygens (including phenoxy) is 1. The number of para-hydroxylation sites is 1. The first-order valence-corrected chi connectivity index (χ1v) is 7.42. The van der Waals surface area contributed by atoms with Gasteiger partial charge in [-0.25, -0.2) is 0 Å². The quantitative estimate of drug-likeness (QED) is 0.918. The Morgan fingerprint density at radius 3 is 3.05 bits per heavy atom. The molecule has 3 rings (SSSR count). The van der Waals surface area contributed by atoms with Crippen molar-refractivity contribution in [2.45, 2.75) is 25.3 Å². The highest BCUT2D eigenvalue weighted by atomic mass is 16.5. The minimum atomic E-state index is 0.136. The number of carbonyl (C=O) groups is 1. The molecule has 2 heterocycles. The minimum Gasteiger partial charge on any atom is -0.381 e. The predicted molar refractivity (Wildman–Crippen MR) is 78.8 cm³/mol. The number of amides is 1. The molecule has 1 aromatic carbocycles. The maximum atomic E-state index is 12.1. The van der Waals surface area contributed by atoms with Gasteiger partial charge in [0.25, 0.3) is 0 Å². The van der Waals surface area contributed by atoms with Crippen LogP contribution in [0.3, 0.4) is 0 Å². The first-order valence-electron chi connectivity index (χ1n) is 7.42. The van der Waals surface area contributed by atoms with Crippen molar-refractivity contribution >= 4 is 11.6 Å². The number of fused-ring (bicyclic) bond motifs is 1. The third-order valence-electron chi connectivity index (χ3n) is 4.33. The summed E-state index contributed by atoms with van der Waals surface area (Å²) >= 11 is 0. The molecule has 1 N–H and O–H groups in total. The summed E-state index contributed by atoms with van der Waals surface area (Å²) < 4.78 is 5.51. The van der Waals surface area contributed by atoms with Gasteiger partial charge in [0.1, 0.15) is 0 Å². The Kier molecular flexibility index (Phi) is 4.03. The van der Waals surface area contributed by atoms with Gasteiger partial charge in [-0.05, 0) is 30.4 Å². The molecule has 0 bridgehead atoms. The molecule has 108 valence electrons. The Bertz CT molecular complexity index is 483. The van der Waals surface area contributed by atoms with Crippen LogP contribution in [0.1, 0.15) is 30.9 Å². The maximum absolute atomic E-state index is 12.1.